The fraction of sp³-hybridized carbons (Fsp3) is 0.0625. The molecular weight excluding hydrogens is 300 g/mol. The number of hydrogen-bond donors (Lipinski definition) is 3. The molecule has 7 nitrogen and oxygen atoms in total. The maximum atomic E-state index is 12.6. The average molecular weight is 312 g/mol. The van der Waals surface area contributed by atoms with Crippen LogP contribution in [0.5, 0.6) is 11.5 Å². The number of phenols is 2. The molecule has 0 fully saturated rings. The molecule has 0 spiro atoms. The second-order valence-corrected chi connectivity index (χ2v) is 5.12. The van der Waals surface area contributed by atoms with Gasteiger partial charge in [0.15, 0.2) is 5.75 Å². The van der Waals surface area contributed by atoms with E-state index in [0.717, 1.165) is 23.0 Å². The van der Waals surface area contributed by atoms with Gasteiger partial charge in [0.2, 0.25) is 11.5 Å². The fourth-order valence-corrected chi connectivity index (χ4v) is 2.53. The molecule has 0 saturated heterocycles. The summed E-state index contributed by atoms with van der Waals surface area (Å²) in [6.45, 7) is 1.76. The summed E-state index contributed by atoms with van der Waals surface area (Å²) in [7, 11) is 0. The zero-order valence-electron chi connectivity index (χ0n) is 12.0. The lowest BCUT2D eigenvalue weighted by Gasteiger charge is -2.04. The van der Waals surface area contributed by atoms with Crippen LogP contribution in [0.2, 0.25) is 0 Å². The summed E-state index contributed by atoms with van der Waals surface area (Å²) >= 11 is 0. The number of rotatable bonds is 3. The Bertz CT molecular complexity index is 959. The van der Waals surface area contributed by atoms with Crippen LogP contribution in [0.25, 0.3) is 10.9 Å². The van der Waals surface area contributed by atoms with Gasteiger partial charge in [-0.05, 0) is 24.6 Å². The summed E-state index contributed by atoms with van der Waals surface area (Å²) in [5.74, 6) is -2.08. The number of aromatic nitrogens is 1. The Morgan fingerprint density at radius 1 is 1.22 bits per heavy atom. The molecule has 0 saturated carbocycles. The normalized spacial score (nSPS) is 10.8. The van der Waals surface area contributed by atoms with Gasteiger partial charge in [0.25, 0.3) is 0 Å². The number of carbonyl (C=O) groups is 1. The smallest absolute Gasteiger partial charge is 0.315 e. The third kappa shape index (κ3) is 2.28. The van der Waals surface area contributed by atoms with Crippen LogP contribution < -0.4 is 0 Å². The lowest BCUT2D eigenvalue weighted by atomic mass is 10.0. The topological polar surface area (TPSA) is 116 Å². The standard InChI is InChI=1S/C16H12N2O5/c1-8-10-4-2-3-5-11(10)17-14(8)15(20)9-6-12(18(22)23)16(21)13(19)7-9/h2-7,17,19,21H,1H3. The van der Waals surface area contributed by atoms with Gasteiger partial charge in [-0.1, -0.05) is 18.2 Å². The zero-order valence-corrected chi connectivity index (χ0v) is 12.0. The van der Waals surface area contributed by atoms with Gasteiger partial charge in [0, 0.05) is 22.5 Å². The van der Waals surface area contributed by atoms with Crippen LogP contribution >= 0.6 is 0 Å². The number of benzene rings is 2. The Morgan fingerprint density at radius 3 is 2.57 bits per heavy atom. The number of carbonyl (C=O) groups excluding carboxylic acids is 1. The van der Waals surface area contributed by atoms with Gasteiger partial charge in [0.1, 0.15) is 0 Å². The van der Waals surface area contributed by atoms with E-state index in [0.29, 0.717) is 5.56 Å². The number of H-pyrrole nitrogens is 1. The predicted octanol–water partition coefficient (Wildman–Crippen LogP) is 3.03. The number of nitro benzene ring substituents is 1. The van der Waals surface area contributed by atoms with E-state index < -0.39 is 27.9 Å². The molecule has 23 heavy (non-hydrogen) atoms. The monoisotopic (exact) mass is 312 g/mol. The van der Waals surface area contributed by atoms with E-state index in [9.17, 15) is 25.1 Å². The number of nitrogens with one attached hydrogen (secondary N) is 1. The highest BCUT2D eigenvalue weighted by molar-refractivity contribution is 6.12. The molecule has 3 aromatic rings. The number of hydrogen-bond acceptors (Lipinski definition) is 5. The molecular formula is C16H12N2O5. The van der Waals surface area contributed by atoms with Gasteiger partial charge in [-0.2, -0.15) is 0 Å². The van der Waals surface area contributed by atoms with E-state index >= 15 is 0 Å². The largest absolute Gasteiger partial charge is 0.504 e. The Labute approximate surface area is 130 Å². The first-order valence-corrected chi connectivity index (χ1v) is 6.72. The van der Waals surface area contributed by atoms with E-state index in [2.05, 4.69) is 4.98 Å². The third-order valence-corrected chi connectivity index (χ3v) is 3.72. The number of aryl methyl sites for hydroxylation is 1. The molecule has 0 aliphatic rings. The highest BCUT2D eigenvalue weighted by atomic mass is 16.6. The fourth-order valence-electron chi connectivity index (χ4n) is 2.53. The van der Waals surface area contributed by atoms with Crippen LogP contribution in [0, 0.1) is 17.0 Å². The van der Waals surface area contributed by atoms with Gasteiger partial charge in [-0.25, -0.2) is 0 Å². The van der Waals surface area contributed by atoms with Crippen LogP contribution in [-0.4, -0.2) is 25.9 Å². The molecule has 116 valence electrons. The van der Waals surface area contributed by atoms with Crippen molar-refractivity contribution in [1.29, 1.82) is 0 Å². The molecule has 0 amide bonds. The van der Waals surface area contributed by atoms with Crippen molar-refractivity contribution in [3.8, 4) is 11.5 Å². The number of fused-ring (bicyclic) bond motifs is 1. The van der Waals surface area contributed by atoms with Gasteiger partial charge >= 0.3 is 5.69 Å². The number of nitro groups is 1. The van der Waals surface area contributed by atoms with Crippen molar-refractivity contribution in [2.24, 2.45) is 0 Å². The quantitative estimate of drug-likeness (QED) is 0.297. The summed E-state index contributed by atoms with van der Waals surface area (Å²) in [5.41, 5.74) is 0.959. The maximum absolute atomic E-state index is 12.6. The Kier molecular flexibility index (Phi) is 3.25. The van der Waals surface area contributed by atoms with Crippen molar-refractivity contribution < 1.29 is 19.9 Å². The van der Waals surface area contributed by atoms with E-state index in [1.807, 2.05) is 24.3 Å². The molecule has 1 heterocycles. The van der Waals surface area contributed by atoms with E-state index in [-0.39, 0.29) is 11.3 Å². The second kappa shape index (κ2) is 5.13. The highest BCUT2D eigenvalue weighted by Gasteiger charge is 2.24. The summed E-state index contributed by atoms with van der Waals surface area (Å²) < 4.78 is 0. The third-order valence-electron chi connectivity index (χ3n) is 3.72. The van der Waals surface area contributed by atoms with Gasteiger partial charge < -0.3 is 15.2 Å². The summed E-state index contributed by atoms with van der Waals surface area (Å²) in [4.78, 5) is 25.7. The molecule has 0 atom stereocenters. The Balaban J connectivity index is 2.16. The first-order chi connectivity index (χ1) is 10.9. The maximum Gasteiger partial charge on any atom is 0.315 e. The highest BCUT2D eigenvalue weighted by Crippen LogP contribution is 2.37. The van der Waals surface area contributed by atoms with E-state index in [4.69, 9.17) is 0 Å². The Hall–Kier alpha value is -3.35. The molecule has 1 aromatic heterocycles. The second-order valence-electron chi connectivity index (χ2n) is 5.12. The minimum atomic E-state index is -0.861. The van der Waals surface area contributed by atoms with Gasteiger partial charge in [-0.3, -0.25) is 14.9 Å². The molecule has 0 radical (unpaired) electrons. The van der Waals surface area contributed by atoms with Crippen molar-refractivity contribution in [3.63, 3.8) is 0 Å². The molecule has 0 aliphatic carbocycles. The van der Waals surface area contributed by atoms with Crippen molar-refractivity contribution in [1.82, 2.24) is 4.98 Å². The first-order valence-electron chi connectivity index (χ1n) is 6.72. The number of ketones is 1. The molecule has 3 rings (SSSR count). The molecule has 7 heteroatoms. The number of aromatic amines is 1. The van der Waals surface area contributed by atoms with Crippen LogP contribution in [0.3, 0.4) is 0 Å². The summed E-state index contributed by atoms with van der Waals surface area (Å²) in [6, 6.07) is 9.29. The van der Waals surface area contributed by atoms with E-state index in [1.54, 1.807) is 6.92 Å². The van der Waals surface area contributed by atoms with Crippen LogP contribution in [0.4, 0.5) is 5.69 Å². The van der Waals surface area contributed by atoms with E-state index in [1.165, 1.54) is 0 Å². The molecule has 3 N–H and O–H groups in total. The predicted molar refractivity (Wildman–Crippen MR) is 82.9 cm³/mol. The first kappa shape index (κ1) is 14.6. The minimum absolute atomic E-state index is 0.0818. The molecule has 0 unspecified atom stereocenters. The van der Waals surface area contributed by atoms with Gasteiger partial charge in [-0.15, -0.1) is 0 Å². The number of phenolic OH excluding ortho intramolecular Hbond substituents is 2. The van der Waals surface area contributed by atoms with Gasteiger partial charge in [0.05, 0.1) is 10.6 Å². The van der Waals surface area contributed by atoms with Crippen molar-refractivity contribution in [3.05, 3.63) is 63.3 Å². The lowest BCUT2D eigenvalue weighted by Crippen LogP contribution is -2.04. The SMILES string of the molecule is Cc1c(C(=O)c2cc(O)c(O)c([N+](=O)[O-])c2)[nH]c2ccccc12. The van der Waals surface area contributed by atoms with Crippen molar-refractivity contribution >= 4 is 22.4 Å². The van der Waals surface area contributed by atoms with Crippen molar-refractivity contribution in [2.45, 2.75) is 6.92 Å². The molecule has 2 aromatic carbocycles. The Morgan fingerprint density at radius 2 is 1.91 bits per heavy atom. The number of para-hydroxylation sites is 1. The lowest BCUT2D eigenvalue weighted by molar-refractivity contribution is -0.386. The number of aromatic hydroxyl groups is 2. The minimum Gasteiger partial charge on any atom is -0.504 e. The van der Waals surface area contributed by atoms with Crippen LogP contribution in [0.15, 0.2) is 36.4 Å². The summed E-state index contributed by atoms with van der Waals surface area (Å²) in [6.07, 6.45) is 0. The summed E-state index contributed by atoms with van der Waals surface area (Å²) in [5, 5.41) is 30.9. The average Bonchev–Trinajstić information content (AvgIpc) is 2.86. The zero-order chi connectivity index (χ0) is 16.7. The molecule has 0 bridgehead atoms. The van der Waals surface area contributed by atoms with Crippen molar-refractivity contribution in [2.75, 3.05) is 0 Å². The van der Waals surface area contributed by atoms with Crippen LogP contribution in [0.1, 0.15) is 21.6 Å². The van der Waals surface area contributed by atoms with Crippen LogP contribution in [-0.2, 0) is 0 Å². The number of nitrogens with zero attached hydrogens (tertiary/aromatic N) is 1. The molecule has 0 aliphatic heterocycles.